The van der Waals surface area contributed by atoms with Gasteiger partial charge in [-0.15, -0.1) is 0 Å². The van der Waals surface area contributed by atoms with Crippen molar-refractivity contribution >= 4 is 62.6 Å². The molecule has 8 aliphatic heterocycles. The fourth-order valence-corrected chi connectivity index (χ4v) is 29.0. The van der Waals surface area contributed by atoms with Crippen molar-refractivity contribution in [2.45, 2.75) is 291 Å². The van der Waals surface area contributed by atoms with Gasteiger partial charge in [-0.25, -0.2) is 36.5 Å². The van der Waals surface area contributed by atoms with Gasteiger partial charge in [-0.2, -0.15) is 0 Å². The highest BCUT2D eigenvalue weighted by Crippen LogP contribution is 2.69. The molecule has 8 fully saturated rings. The molecule has 0 radical (unpaired) electrons. The topological polar surface area (TPSA) is 358 Å². The molecule has 32 nitrogen and oxygen atoms in total. The Hall–Kier alpha value is -3.52. The molecular formula is C92H144O32P8. The maximum absolute atomic E-state index is 16.1. The highest BCUT2D eigenvalue weighted by Gasteiger charge is 2.52. The van der Waals surface area contributed by atoms with E-state index >= 15 is 36.5 Å². The molecule has 40 heteroatoms. The third-order valence-electron chi connectivity index (χ3n) is 24.5. The SMILES string of the molecule is CCCCCCC1c2cc(c(OP3(=O)OCC(C)(C)CO3)cc2OP2(=O)OCC(C)(C)CO2)C(CCCCCC)c2cc(c(OP3(=O)OCC(C)(C)CO3)cc2OP2(=O)OCC(C)(C)CO2)C(CCCCCC)c2cc(c(OP3(=O)OCC(C)(C)CO3)cc2OP2(=O)OCC(C)(C)CO2)C(CCCCCC)c2cc1c(OP1(=O)OCC(C)(C)CO1)cc2OP1(=O)OCC(C)(C)CO1. The fraction of sp³-hybridized carbons (Fsp3) is 0.739. The van der Waals surface area contributed by atoms with E-state index in [2.05, 4.69) is 27.7 Å². The predicted octanol–water partition coefficient (Wildman–Crippen LogP) is 28.9. The minimum absolute atomic E-state index is 0.104. The van der Waals surface area contributed by atoms with Crippen molar-refractivity contribution < 1.29 is 145 Å². The predicted molar refractivity (Wildman–Crippen MR) is 500 cm³/mol. The van der Waals surface area contributed by atoms with E-state index in [1.165, 1.54) is 24.3 Å². The molecule has 0 amide bonds. The molecule has 4 aromatic rings. The van der Waals surface area contributed by atoms with Gasteiger partial charge in [0.25, 0.3) is 0 Å². The molecule has 0 N–H and O–H groups in total. The highest BCUT2D eigenvalue weighted by molar-refractivity contribution is 7.51. The Balaban J connectivity index is 1.27. The van der Waals surface area contributed by atoms with Crippen LogP contribution in [0, 0.1) is 43.3 Å². The van der Waals surface area contributed by atoms with E-state index < -0.39 is 130 Å². The summed E-state index contributed by atoms with van der Waals surface area (Å²) in [6.45, 7) is 36.8. The zero-order valence-corrected chi connectivity index (χ0v) is 88.2. The average molecular weight is 2010 g/mol. The van der Waals surface area contributed by atoms with Crippen LogP contribution in [0.1, 0.15) is 335 Å². The smallest absolute Gasteiger partial charge is 0.404 e. The van der Waals surface area contributed by atoms with Gasteiger partial charge in [-0.05, 0) is 49.9 Å². The number of hydrogen-bond acceptors (Lipinski definition) is 32. The summed E-state index contributed by atoms with van der Waals surface area (Å²) in [5.74, 6) is -6.39. The first-order valence-corrected chi connectivity index (χ1v) is 58.8. The van der Waals surface area contributed by atoms with Crippen molar-refractivity contribution in [1.29, 1.82) is 0 Å². The van der Waals surface area contributed by atoms with Crippen LogP contribution in [0.3, 0.4) is 0 Å². The number of phosphoric acid groups is 8. The van der Waals surface area contributed by atoms with Crippen molar-refractivity contribution in [3.05, 3.63) is 93.0 Å². The van der Waals surface area contributed by atoms with Crippen LogP contribution in [0.2, 0.25) is 0 Å². The van der Waals surface area contributed by atoms with Gasteiger partial charge < -0.3 is 36.2 Å². The van der Waals surface area contributed by atoms with Crippen LogP contribution in [-0.4, -0.2) is 106 Å². The zero-order valence-electron chi connectivity index (χ0n) is 81.0. The molecule has 8 heterocycles. The van der Waals surface area contributed by atoms with Crippen LogP contribution >= 0.6 is 62.6 Å². The van der Waals surface area contributed by atoms with Crippen LogP contribution < -0.4 is 36.2 Å². The molecule has 13 rings (SSSR count). The van der Waals surface area contributed by atoms with Crippen LogP contribution in [-0.2, 0) is 109 Å². The summed E-state index contributed by atoms with van der Waals surface area (Å²) in [7, 11) is -38.4. The summed E-state index contributed by atoms with van der Waals surface area (Å²) >= 11 is 0. The second kappa shape index (κ2) is 42.0. The summed E-state index contributed by atoms with van der Waals surface area (Å²) < 4.78 is 286. The van der Waals surface area contributed by atoms with Gasteiger partial charge in [0.1, 0.15) is 46.0 Å². The van der Waals surface area contributed by atoms with Crippen molar-refractivity contribution in [2.75, 3.05) is 106 Å². The fourth-order valence-electron chi connectivity index (χ4n) is 16.3. The second-order valence-electron chi connectivity index (χ2n) is 43.3. The minimum Gasteiger partial charge on any atom is -0.404 e. The van der Waals surface area contributed by atoms with Crippen molar-refractivity contribution in [3.63, 3.8) is 0 Å². The van der Waals surface area contributed by atoms with E-state index in [1.807, 2.05) is 111 Å². The van der Waals surface area contributed by atoms with Gasteiger partial charge in [-0.1, -0.05) is 241 Å². The molecule has 1 aliphatic carbocycles. The Morgan fingerprint density at radius 1 is 0.197 bits per heavy atom. The lowest BCUT2D eigenvalue weighted by atomic mass is 9.76. The maximum atomic E-state index is 16.1. The van der Waals surface area contributed by atoms with E-state index in [0.29, 0.717) is 51.4 Å². The molecule has 132 heavy (non-hydrogen) atoms. The first-order chi connectivity index (χ1) is 61.7. The average Bonchev–Trinajstić information content (AvgIpc) is 0.732. The number of fused-ring (bicyclic) bond motifs is 8. The molecule has 9 aliphatic rings. The molecule has 8 saturated heterocycles. The Bertz CT molecular complexity index is 4130. The lowest BCUT2D eigenvalue weighted by Gasteiger charge is -2.37. The molecular weight excluding hydrogens is 1860 g/mol. The van der Waals surface area contributed by atoms with Crippen LogP contribution in [0.15, 0.2) is 48.5 Å². The molecule has 0 saturated carbocycles. The van der Waals surface area contributed by atoms with Gasteiger partial charge in [0.05, 0.1) is 106 Å². The summed E-state index contributed by atoms with van der Waals surface area (Å²) in [6.07, 6.45) is 10.7. The summed E-state index contributed by atoms with van der Waals surface area (Å²) in [4.78, 5) is 0. The number of phosphoric ester groups is 8. The lowest BCUT2D eigenvalue weighted by Crippen LogP contribution is -2.31. The molecule has 0 aromatic heterocycles. The Kier molecular flexibility index (Phi) is 33.6. The maximum Gasteiger partial charge on any atom is 0.530 e. The monoisotopic (exact) mass is 2010 g/mol. The van der Waals surface area contributed by atoms with Gasteiger partial charge >= 0.3 is 62.6 Å². The number of rotatable bonds is 36. The summed E-state index contributed by atoms with van der Waals surface area (Å²) in [5.41, 5.74) is -3.72. The molecule has 8 bridgehead atoms. The quantitative estimate of drug-likeness (QED) is 0.0301. The second-order valence-corrected chi connectivity index (χ2v) is 56.1. The van der Waals surface area contributed by atoms with Crippen LogP contribution in [0.4, 0.5) is 0 Å². The van der Waals surface area contributed by atoms with E-state index in [1.54, 1.807) is 24.3 Å². The van der Waals surface area contributed by atoms with E-state index in [4.69, 9.17) is 109 Å². The number of hydrogen-bond donors (Lipinski definition) is 0. The highest BCUT2D eigenvalue weighted by atomic mass is 31.2. The van der Waals surface area contributed by atoms with E-state index in [9.17, 15) is 0 Å². The van der Waals surface area contributed by atoms with Crippen LogP contribution in [0.5, 0.6) is 46.0 Å². The van der Waals surface area contributed by atoms with Crippen molar-refractivity contribution in [1.82, 2.24) is 0 Å². The van der Waals surface area contributed by atoms with Crippen LogP contribution in [0.25, 0.3) is 0 Å². The molecule has 0 unspecified atom stereocenters. The Morgan fingerprint density at radius 2 is 0.311 bits per heavy atom. The van der Waals surface area contributed by atoms with Gasteiger partial charge in [0.2, 0.25) is 0 Å². The molecule has 0 spiro atoms. The van der Waals surface area contributed by atoms with Gasteiger partial charge in [-0.3, -0.25) is 72.4 Å². The number of unbranched alkanes of at least 4 members (excludes halogenated alkanes) is 12. The van der Waals surface area contributed by atoms with E-state index in [0.717, 1.165) is 51.4 Å². The lowest BCUT2D eigenvalue weighted by molar-refractivity contribution is 0.0167. The first-order valence-electron chi connectivity index (χ1n) is 47.1. The zero-order chi connectivity index (χ0) is 95.6. The largest absolute Gasteiger partial charge is 0.530 e. The third-order valence-corrected chi connectivity index (χ3v) is 34.9. The third kappa shape index (κ3) is 27.6. The first kappa shape index (κ1) is 106. The molecule has 4 aromatic carbocycles. The Labute approximate surface area is 781 Å². The number of benzene rings is 4. The normalized spacial score (nSPS) is 26.3. The van der Waals surface area contributed by atoms with Gasteiger partial charge in [0.15, 0.2) is 0 Å². The molecule has 744 valence electrons. The van der Waals surface area contributed by atoms with Crippen molar-refractivity contribution in [2.24, 2.45) is 43.3 Å². The van der Waals surface area contributed by atoms with E-state index in [-0.39, 0.29) is 222 Å². The summed E-state index contributed by atoms with van der Waals surface area (Å²) in [6, 6.07) is 13.0. The minimum atomic E-state index is -4.80. The Morgan fingerprint density at radius 3 is 0.417 bits per heavy atom. The van der Waals surface area contributed by atoms with Gasteiger partial charge in [0, 0.05) is 136 Å². The summed E-state index contributed by atoms with van der Waals surface area (Å²) in [5, 5.41) is 0. The van der Waals surface area contributed by atoms with Crippen molar-refractivity contribution in [3.8, 4) is 46.0 Å². The molecule has 0 atom stereocenters. The standard InChI is InChI=1S/C92H144O32P8/c1-21-25-29-33-37-65-69-41-71(79(119-127(95)105-53-87(9,10)54-106-127)45-77(69)117-125(93)101-49-85(5,6)50-102-125)66(38-34-30-26-22-2)73-43-75(83(123-131(99)113-61-91(17,18)62-114-131)47-81(73)121-129(97)109-57-89(13,14)58-110-129)68(40-36-32-28-24-4)76-44-74(82(122-130(98)111-59-90(15,16)60-112-130)48-84(76)124-132(100)115-63-92(19,20)64-116-132)67(39-35-31-27-23-3)72-42-70(65)78(118-126(94)103-51-86(7,8)52-104-126)46-80(72)120-128(96)107-55-88(11,12)56-108-128/h41-48,65-68H,21-40,49-64H2,1-20H3.